The second-order valence-electron chi connectivity index (χ2n) is 5.44. The molecule has 17 heavy (non-hydrogen) atoms. The van der Waals surface area contributed by atoms with E-state index in [0.717, 1.165) is 38.5 Å². The number of hydrogen-bond donors (Lipinski definition) is 2. The van der Waals surface area contributed by atoms with Crippen molar-refractivity contribution in [3.8, 4) is 0 Å². The fraction of sp³-hybridized carbons (Fsp3) is 0.923. The second-order valence-corrected chi connectivity index (χ2v) is 5.44. The molecule has 0 aromatic heterocycles. The lowest BCUT2D eigenvalue weighted by Gasteiger charge is -2.26. The Morgan fingerprint density at radius 1 is 1.35 bits per heavy atom. The molecular weight excluding hydrogens is 218 g/mol. The average molecular weight is 241 g/mol. The van der Waals surface area contributed by atoms with Gasteiger partial charge in [-0.15, -0.1) is 0 Å². The van der Waals surface area contributed by atoms with Crippen LogP contribution in [0.2, 0.25) is 0 Å². The highest BCUT2D eigenvalue weighted by atomic mass is 16.5. The van der Waals surface area contributed by atoms with E-state index in [-0.39, 0.29) is 24.2 Å². The molecule has 1 heterocycles. The third kappa shape index (κ3) is 3.68. The molecule has 4 unspecified atom stereocenters. The third-order valence-corrected chi connectivity index (χ3v) is 3.84. The minimum absolute atomic E-state index is 0.0226. The number of carbonyl (C=O) groups excluding carboxylic acids is 1. The van der Waals surface area contributed by atoms with Gasteiger partial charge in [-0.3, -0.25) is 4.79 Å². The smallest absolute Gasteiger partial charge is 0.249 e. The quantitative estimate of drug-likeness (QED) is 0.781. The normalized spacial score (nSPS) is 38.0. The number of aliphatic hydroxyl groups is 1. The summed E-state index contributed by atoms with van der Waals surface area (Å²) in [5, 5.41) is 12.5. The maximum absolute atomic E-state index is 11.8. The van der Waals surface area contributed by atoms with E-state index < -0.39 is 0 Å². The number of aliphatic hydroxyl groups excluding tert-OH is 1. The fourth-order valence-corrected chi connectivity index (χ4v) is 2.80. The average Bonchev–Trinajstić information content (AvgIpc) is 2.73. The van der Waals surface area contributed by atoms with E-state index in [4.69, 9.17) is 4.74 Å². The van der Waals surface area contributed by atoms with Gasteiger partial charge in [0.25, 0.3) is 0 Å². The van der Waals surface area contributed by atoms with Crippen LogP contribution in [-0.2, 0) is 9.53 Å². The molecule has 1 saturated carbocycles. The SMILES string of the molecule is CC1CCC(C(=O)NCC2CCCC(O)C2)O1. The Labute approximate surface area is 103 Å². The monoisotopic (exact) mass is 241 g/mol. The molecule has 2 rings (SSSR count). The van der Waals surface area contributed by atoms with Gasteiger partial charge in [-0.05, 0) is 44.9 Å². The van der Waals surface area contributed by atoms with Crippen LogP contribution in [0.25, 0.3) is 0 Å². The highest BCUT2D eigenvalue weighted by Gasteiger charge is 2.28. The molecule has 1 aliphatic carbocycles. The Bertz CT molecular complexity index is 269. The molecule has 4 heteroatoms. The number of carbonyl (C=O) groups is 1. The van der Waals surface area contributed by atoms with Crippen LogP contribution in [0.4, 0.5) is 0 Å². The number of amides is 1. The van der Waals surface area contributed by atoms with Crippen LogP contribution >= 0.6 is 0 Å². The summed E-state index contributed by atoms with van der Waals surface area (Å²) in [6.45, 7) is 2.69. The van der Waals surface area contributed by atoms with Crippen LogP contribution < -0.4 is 5.32 Å². The summed E-state index contributed by atoms with van der Waals surface area (Å²) in [6, 6.07) is 0. The van der Waals surface area contributed by atoms with Crippen LogP contribution in [0.15, 0.2) is 0 Å². The van der Waals surface area contributed by atoms with E-state index in [9.17, 15) is 9.90 Å². The number of nitrogens with one attached hydrogen (secondary N) is 1. The van der Waals surface area contributed by atoms with Crippen molar-refractivity contribution < 1.29 is 14.6 Å². The zero-order valence-electron chi connectivity index (χ0n) is 10.5. The van der Waals surface area contributed by atoms with Gasteiger partial charge in [-0.1, -0.05) is 6.42 Å². The van der Waals surface area contributed by atoms with Crippen molar-refractivity contribution in [3.05, 3.63) is 0 Å². The lowest BCUT2D eigenvalue weighted by Crippen LogP contribution is -2.39. The molecule has 0 bridgehead atoms. The Morgan fingerprint density at radius 2 is 2.18 bits per heavy atom. The van der Waals surface area contributed by atoms with Crippen molar-refractivity contribution in [1.29, 1.82) is 0 Å². The van der Waals surface area contributed by atoms with Gasteiger partial charge < -0.3 is 15.2 Å². The lowest BCUT2D eigenvalue weighted by molar-refractivity contribution is -0.132. The van der Waals surface area contributed by atoms with Gasteiger partial charge in [0.15, 0.2) is 0 Å². The molecule has 1 saturated heterocycles. The first-order valence-corrected chi connectivity index (χ1v) is 6.76. The summed E-state index contributed by atoms with van der Waals surface area (Å²) < 4.78 is 5.52. The maximum Gasteiger partial charge on any atom is 0.249 e. The molecule has 0 spiro atoms. The van der Waals surface area contributed by atoms with Gasteiger partial charge in [0.05, 0.1) is 12.2 Å². The van der Waals surface area contributed by atoms with Crippen LogP contribution in [-0.4, -0.2) is 35.9 Å². The van der Waals surface area contributed by atoms with E-state index in [0.29, 0.717) is 12.5 Å². The molecule has 2 fully saturated rings. The molecule has 2 N–H and O–H groups in total. The molecule has 0 aromatic carbocycles. The van der Waals surface area contributed by atoms with Gasteiger partial charge in [0, 0.05) is 6.54 Å². The lowest BCUT2D eigenvalue weighted by atomic mass is 9.87. The zero-order chi connectivity index (χ0) is 12.3. The minimum atomic E-state index is -0.251. The summed E-state index contributed by atoms with van der Waals surface area (Å²) >= 11 is 0. The molecular formula is C13H23NO3. The van der Waals surface area contributed by atoms with Crippen LogP contribution in [0.1, 0.15) is 45.4 Å². The van der Waals surface area contributed by atoms with Crippen molar-refractivity contribution in [3.63, 3.8) is 0 Å². The van der Waals surface area contributed by atoms with E-state index in [1.165, 1.54) is 0 Å². The molecule has 4 atom stereocenters. The topological polar surface area (TPSA) is 58.6 Å². The van der Waals surface area contributed by atoms with E-state index in [1.807, 2.05) is 6.92 Å². The third-order valence-electron chi connectivity index (χ3n) is 3.84. The summed E-state index contributed by atoms with van der Waals surface area (Å²) in [7, 11) is 0. The van der Waals surface area contributed by atoms with Crippen LogP contribution in [0, 0.1) is 5.92 Å². The van der Waals surface area contributed by atoms with Crippen molar-refractivity contribution in [2.45, 2.75) is 63.8 Å². The van der Waals surface area contributed by atoms with Crippen LogP contribution in [0.3, 0.4) is 0 Å². The fourth-order valence-electron chi connectivity index (χ4n) is 2.80. The highest BCUT2D eigenvalue weighted by Crippen LogP contribution is 2.24. The van der Waals surface area contributed by atoms with Gasteiger partial charge in [-0.25, -0.2) is 0 Å². The molecule has 1 aliphatic heterocycles. The Morgan fingerprint density at radius 3 is 2.82 bits per heavy atom. The number of ether oxygens (including phenoxy) is 1. The largest absolute Gasteiger partial charge is 0.393 e. The first kappa shape index (κ1) is 12.8. The maximum atomic E-state index is 11.8. The molecule has 0 radical (unpaired) electrons. The Kier molecular flexibility index (Phi) is 4.40. The predicted octanol–water partition coefficient (Wildman–Crippen LogP) is 1.22. The summed E-state index contributed by atoms with van der Waals surface area (Å²) in [5.74, 6) is 0.455. The molecule has 98 valence electrons. The first-order valence-electron chi connectivity index (χ1n) is 6.76. The zero-order valence-corrected chi connectivity index (χ0v) is 10.5. The summed E-state index contributed by atoms with van der Waals surface area (Å²) in [6.07, 6.45) is 5.50. The van der Waals surface area contributed by atoms with Gasteiger partial charge in [-0.2, -0.15) is 0 Å². The standard InChI is InChI=1S/C13H23NO3/c1-9-5-6-12(17-9)13(16)14-8-10-3-2-4-11(15)7-10/h9-12,15H,2-8H2,1H3,(H,14,16). The van der Waals surface area contributed by atoms with Crippen molar-refractivity contribution in [1.82, 2.24) is 5.32 Å². The second kappa shape index (κ2) is 5.83. The molecule has 2 aliphatic rings. The van der Waals surface area contributed by atoms with E-state index >= 15 is 0 Å². The van der Waals surface area contributed by atoms with Crippen molar-refractivity contribution >= 4 is 5.91 Å². The Hall–Kier alpha value is -0.610. The highest BCUT2D eigenvalue weighted by molar-refractivity contribution is 5.81. The molecule has 0 aromatic rings. The minimum Gasteiger partial charge on any atom is -0.393 e. The van der Waals surface area contributed by atoms with Crippen molar-refractivity contribution in [2.75, 3.05) is 6.54 Å². The number of rotatable bonds is 3. The first-order chi connectivity index (χ1) is 8.15. The molecule has 4 nitrogen and oxygen atoms in total. The van der Waals surface area contributed by atoms with Gasteiger partial charge in [0.1, 0.15) is 6.10 Å². The van der Waals surface area contributed by atoms with Gasteiger partial charge in [0.2, 0.25) is 5.91 Å². The van der Waals surface area contributed by atoms with Crippen molar-refractivity contribution in [2.24, 2.45) is 5.92 Å². The number of hydrogen-bond acceptors (Lipinski definition) is 3. The summed E-state index contributed by atoms with van der Waals surface area (Å²) in [4.78, 5) is 11.8. The molecule has 1 amide bonds. The summed E-state index contributed by atoms with van der Waals surface area (Å²) in [5.41, 5.74) is 0. The van der Waals surface area contributed by atoms with E-state index in [1.54, 1.807) is 0 Å². The predicted molar refractivity (Wildman–Crippen MR) is 64.5 cm³/mol. The van der Waals surface area contributed by atoms with Gasteiger partial charge >= 0.3 is 0 Å². The van der Waals surface area contributed by atoms with Crippen LogP contribution in [0.5, 0.6) is 0 Å². The Balaban J connectivity index is 1.69. The van der Waals surface area contributed by atoms with E-state index in [2.05, 4.69) is 5.32 Å².